The normalized spacial score (nSPS) is 20.4. The highest BCUT2D eigenvalue weighted by Gasteiger charge is 2.40. The molecule has 4 N–H and O–H groups in total. The highest BCUT2D eigenvalue weighted by atomic mass is 32.2. The lowest BCUT2D eigenvalue weighted by atomic mass is 9.91. The Morgan fingerprint density at radius 1 is 1.00 bits per heavy atom. The van der Waals surface area contributed by atoms with Crippen molar-refractivity contribution in [1.29, 1.82) is 0 Å². The van der Waals surface area contributed by atoms with Gasteiger partial charge in [0.15, 0.2) is 0 Å². The highest BCUT2D eigenvalue weighted by Crippen LogP contribution is 2.28. The van der Waals surface area contributed by atoms with Crippen LogP contribution in [-0.4, -0.2) is 66.7 Å². The molecule has 1 aliphatic carbocycles. The van der Waals surface area contributed by atoms with Crippen molar-refractivity contribution in [3.05, 3.63) is 35.9 Å². The zero-order valence-electron chi connectivity index (χ0n) is 19.2. The predicted molar refractivity (Wildman–Crippen MR) is 126 cm³/mol. The number of carbonyl (C=O) groups excluding carboxylic acids is 2. The Hall–Kier alpha value is -2.66. The first-order valence-corrected chi connectivity index (χ1v) is 13.5. The van der Waals surface area contributed by atoms with E-state index >= 15 is 0 Å². The summed E-state index contributed by atoms with van der Waals surface area (Å²) in [6, 6.07) is 6.35. The first-order valence-electron chi connectivity index (χ1n) is 11.8. The standard InChI is InChI=1S/C23H34N4O6S/c28-21(20-12-7-13-27(20)34(32,33)16-18-10-5-2-6-11-18)26-19(22(29)30)15-25-23(31)24-14-17-8-3-1-4-9-17/h1,3-4,8-9,18-20H,2,5-7,10-16H2,(H,26,28)(H,29,30)(H2,24,25,31)/t19-,20-/m0/s1. The minimum atomic E-state index is -3.62. The third-order valence-corrected chi connectivity index (χ3v) is 8.46. The van der Waals surface area contributed by atoms with Gasteiger partial charge in [-0.1, -0.05) is 49.6 Å². The number of hydrogen-bond acceptors (Lipinski definition) is 5. The summed E-state index contributed by atoms with van der Waals surface area (Å²) in [5.41, 5.74) is 0.886. The Bertz CT molecular complexity index is 949. The summed E-state index contributed by atoms with van der Waals surface area (Å²) in [4.78, 5) is 36.6. The Balaban J connectivity index is 1.52. The van der Waals surface area contributed by atoms with Crippen LogP contribution in [0.2, 0.25) is 0 Å². The molecule has 1 aromatic rings. The second kappa shape index (κ2) is 12.2. The van der Waals surface area contributed by atoms with Crippen LogP contribution in [0.1, 0.15) is 50.5 Å². The van der Waals surface area contributed by atoms with E-state index in [9.17, 15) is 27.9 Å². The predicted octanol–water partition coefficient (Wildman–Crippen LogP) is 1.43. The Morgan fingerprint density at radius 2 is 1.71 bits per heavy atom. The van der Waals surface area contributed by atoms with Gasteiger partial charge in [-0.3, -0.25) is 4.79 Å². The zero-order valence-corrected chi connectivity index (χ0v) is 20.1. The Labute approximate surface area is 200 Å². The van der Waals surface area contributed by atoms with Crippen LogP contribution in [0, 0.1) is 5.92 Å². The topological polar surface area (TPSA) is 145 Å². The van der Waals surface area contributed by atoms with Crippen molar-refractivity contribution in [1.82, 2.24) is 20.3 Å². The number of carboxylic acids is 1. The van der Waals surface area contributed by atoms with E-state index in [-0.39, 0.29) is 31.3 Å². The van der Waals surface area contributed by atoms with Crippen molar-refractivity contribution in [2.45, 2.75) is 63.6 Å². The molecule has 10 nitrogen and oxygen atoms in total. The molecule has 2 atom stereocenters. The van der Waals surface area contributed by atoms with Crippen molar-refractivity contribution < 1.29 is 27.9 Å². The third-order valence-electron chi connectivity index (χ3n) is 6.41. The molecule has 0 unspecified atom stereocenters. The van der Waals surface area contributed by atoms with Crippen molar-refractivity contribution in [3.8, 4) is 0 Å². The summed E-state index contributed by atoms with van der Waals surface area (Å²) in [6.07, 6.45) is 5.81. The fraction of sp³-hybridized carbons (Fsp3) is 0.609. The minimum absolute atomic E-state index is 0.0300. The molecule has 0 aromatic heterocycles. The van der Waals surface area contributed by atoms with E-state index in [0.717, 1.165) is 37.7 Å². The van der Waals surface area contributed by atoms with Crippen LogP contribution < -0.4 is 16.0 Å². The summed E-state index contributed by atoms with van der Waals surface area (Å²) in [6.45, 7) is 0.195. The van der Waals surface area contributed by atoms with E-state index in [1.165, 1.54) is 4.31 Å². The molecule has 0 radical (unpaired) electrons. The summed E-state index contributed by atoms with van der Waals surface area (Å²) in [7, 11) is -3.62. The molecule has 1 aliphatic heterocycles. The molecule has 11 heteroatoms. The fourth-order valence-corrected chi connectivity index (χ4v) is 6.70. The number of amides is 3. The van der Waals surface area contributed by atoms with E-state index in [2.05, 4.69) is 16.0 Å². The molecule has 2 fully saturated rings. The first kappa shape index (κ1) is 26.0. The van der Waals surface area contributed by atoms with Gasteiger partial charge < -0.3 is 21.1 Å². The molecule has 3 amide bonds. The molecule has 1 saturated carbocycles. The molecule has 0 bridgehead atoms. The van der Waals surface area contributed by atoms with E-state index in [4.69, 9.17) is 0 Å². The van der Waals surface area contributed by atoms with Gasteiger partial charge in [0.25, 0.3) is 0 Å². The molecular formula is C23H34N4O6S. The SMILES string of the molecule is O=C(NCc1ccccc1)NC[C@H](NC(=O)[C@@H]1CCCN1S(=O)(=O)CC1CCCCC1)C(=O)O. The van der Waals surface area contributed by atoms with Gasteiger partial charge in [-0.25, -0.2) is 18.0 Å². The number of carboxylic acid groups (broad SMARTS) is 1. The molecule has 34 heavy (non-hydrogen) atoms. The van der Waals surface area contributed by atoms with E-state index in [1.54, 1.807) is 0 Å². The third kappa shape index (κ3) is 7.42. The van der Waals surface area contributed by atoms with E-state index < -0.39 is 40.0 Å². The number of sulfonamides is 1. The maximum absolute atomic E-state index is 13.0. The highest BCUT2D eigenvalue weighted by molar-refractivity contribution is 7.89. The molecule has 2 aliphatic rings. The van der Waals surface area contributed by atoms with Crippen molar-refractivity contribution >= 4 is 27.9 Å². The first-order chi connectivity index (χ1) is 16.3. The van der Waals surface area contributed by atoms with Gasteiger partial charge in [0, 0.05) is 13.1 Å². The number of hydrogen-bond donors (Lipinski definition) is 4. The Kier molecular flexibility index (Phi) is 9.28. The molecule has 1 saturated heterocycles. The number of nitrogens with zero attached hydrogens (tertiary/aromatic N) is 1. The molecule has 1 aromatic carbocycles. The largest absolute Gasteiger partial charge is 0.480 e. The van der Waals surface area contributed by atoms with Gasteiger partial charge in [0.05, 0.1) is 12.3 Å². The molecule has 1 heterocycles. The lowest BCUT2D eigenvalue weighted by Crippen LogP contribution is -2.55. The zero-order chi connectivity index (χ0) is 24.6. The summed E-state index contributed by atoms with van der Waals surface area (Å²) >= 11 is 0. The van der Waals surface area contributed by atoms with Crippen molar-refractivity contribution in [2.75, 3.05) is 18.8 Å². The van der Waals surface area contributed by atoms with Gasteiger partial charge >= 0.3 is 12.0 Å². The number of aliphatic carboxylic acids is 1. The number of benzene rings is 1. The fourth-order valence-electron chi connectivity index (χ4n) is 4.59. The van der Waals surface area contributed by atoms with E-state index in [1.807, 2.05) is 30.3 Å². The Morgan fingerprint density at radius 3 is 2.38 bits per heavy atom. The minimum Gasteiger partial charge on any atom is -0.480 e. The lowest BCUT2D eigenvalue weighted by Gasteiger charge is -2.28. The van der Waals surface area contributed by atoms with Crippen LogP contribution in [-0.2, 0) is 26.2 Å². The summed E-state index contributed by atoms with van der Waals surface area (Å²) in [5, 5.41) is 17.0. The smallest absolute Gasteiger partial charge is 0.328 e. The van der Waals surface area contributed by atoms with Crippen LogP contribution in [0.5, 0.6) is 0 Å². The second-order valence-electron chi connectivity index (χ2n) is 9.00. The van der Waals surface area contributed by atoms with Crippen molar-refractivity contribution in [2.24, 2.45) is 5.92 Å². The number of carbonyl (C=O) groups is 3. The van der Waals surface area contributed by atoms with Crippen LogP contribution >= 0.6 is 0 Å². The number of rotatable bonds is 10. The van der Waals surface area contributed by atoms with E-state index in [0.29, 0.717) is 12.8 Å². The number of nitrogens with one attached hydrogen (secondary N) is 3. The van der Waals surface area contributed by atoms with Gasteiger partial charge in [-0.2, -0.15) is 4.31 Å². The van der Waals surface area contributed by atoms with Crippen LogP contribution in [0.4, 0.5) is 4.79 Å². The van der Waals surface area contributed by atoms with Crippen LogP contribution in [0.3, 0.4) is 0 Å². The number of urea groups is 1. The molecule has 188 valence electrons. The monoisotopic (exact) mass is 494 g/mol. The molecule has 3 rings (SSSR count). The van der Waals surface area contributed by atoms with Crippen LogP contribution in [0.15, 0.2) is 30.3 Å². The van der Waals surface area contributed by atoms with Crippen molar-refractivity contribution in [3.63, 3.8) is 0 Å². The van der Waals surface area contributed by atoms with Gasteiger partial charge in [0.1, 0.15) is 12.1 Å². The maximum Gasteiger partial charge on any atom is 0.328 e. The summed E-state index contributed by atoms with van der Waals surface area (Å²) in [5.74, 6) is -1.83. The summed E-state index contributed by atoms with van der Waals surface area (Å²) < 4.78 is 27.2. The average molecular weight is 495 g/mol. The second-order valence-corrected chi connectivity index (χ2v) is 11.0. The van der Waals surface area contributed by atoms with Gasteiger partial charge in [-0.15, -0.1) is 0 Å². The van der Waals surface area contributed by atoms with Crippen LogP contribution in [0.25, 0.3) is 0 Å². The maximum atomic E-state index is 13.0. The molecular weight excluding hydrogens is 460 g/mol. The van der Waals surface area contributed by atoms with Gasteiger partial charge in [0.2, 0.25) is 15.9 Å². The average Bonchev–Trinajstić information content (AvgIpc) is 3.32. The van der Waals surface area contributed by atoms with Gasteiger partial charge in [-0.05, 0) is 37.2 Å². The quantitative estimate of drug-likeness (QED) is 0.387. The molecule has 0 spiro atoms. The lowest BCUT2D eigenvalue weighted by molar-refractivity contribution is -0.142.